The van der Waals surface area contributed by atoms with Crippen LogP contribution in [0.25, 0.3) is 5.65 Å². The number of aryl methyl sites for hydroxylation is 1. The van der Waals surface area contributed by atoms with Gasteiger partial charge in [0.2, 0.25) is 0 Å². The van der Waals surface area contributed by atoms with Gasteiger partial charge >= 0.3 is 0 Å². The summed E-state index contributed by atoms with van der Waals surface area (Å²) in [6.07, 6.45) is 6.12. The van der Waals surface area contributed by atoms with Gasteiger partial charge in [-0.05, 0) is 37.1 Å². The van der Waals surface area contributed by atoms with Gasteiger partial charge in [0.1, 0.15) is 5.56 Å². The molecule has 2 aromatic heterocycles. The lowest BCUT2D eigenvalue weighted by molar-refractivity contribution is 0.0941. The Morgan fingerprint density at radius 3 is 2.52 bits per heavy atom. The van der Waals surface area contributed by atoms with E-state index in [2.05, 4.69) is 15.4 Å². The van der Waals surface area contributed by atoms with E-state index in [1.807, 2.05) is 13.8 Å². The molecule has 8 heteroatoms. The Bertz CT molecular complexity index is 1040. The van der Waals surface area contributed by atoms with Gasteiger partial charge in [0, 0.05) is 18.6 Å². The number of carbonyl (C=O) groups excluding carboxylic acids is 1. The number of nitrogens with zero attached hydrogens (tertiary/aromatic N) is 3. The summed E-state index contributed by atoms with van der Waals surface area (Å²) in [6.45, 7) is 3.73. The van der Waals surface area contributed by atoms with Crippen molar-refractivity contribution in [2.24, 2.45) is 0 Å². The van der Waals surface area contributed by atoms with E-state index in [1.165, 1.54) is 18.3 Å². The van der Waals surface area contributed by atoms with Gasteiger partial charge in [-0.1, -0.05) is 12.1 Å². The third-order valence-electron chi connectivity index (χ3n) is 3.89. The second-order valence-electron chi connectivity index (χ2n) is 5.99. The number of hydrogen-bond donors (Lipinski definition) is 1. The summed E-state index contributed by atoms with van der Waals surface area (Å²) in [4.78, 5) is 17.0. The van der Waals surface area contributed by atoms with Gasteiger partial charge in [-0.15, -0.1) is 0 Å². The number of aromatic nitrogens is 3. The van der Waals surface area contributed by atoms with E-state index >= 15 is 0 Å². The van der Waals surface area contributed by atoms with E-state index in [9.17, 15) is 13.2 Å². The summed E-state index contributed by atoms with van der Waals surface area (Å²) in [5, 5.41) is 7.03. The van der Waals surface area contributed by atoms with Crippen molar-refractivity contribution < 1.29 is 13.2 Å². The standard InChI is InChI=1S/C17H18N4O3S/c1-11-8-18-16-15(9-19-21(16)10-11)17(22)20-12(2)13-4-6-14(7-5-13)25(3,23)24/h4-10,12H,1-3H3,(H,20,22). The second-order valence-corrected chi connectivity index (χ2v) is 8.01. The van der Waals surface area contributed by atoms with Crippen molar-refractivity contribution in [3.05, 3.63) is 59.5 Å². The molecule has 0 aliphatic rings. The van der Waals surface area contributed by atoms with E-state index in [1.54, 1.807) is 29.0 Å². The summed E-state index contributed by atoms with van der Waals surface area (Å²) in [7, 11) is -3.24. The van der Waals surface area contributed by atoms with Gasteiger partial charge in [0.05, 0.1) is 17.1 Å². The van der Waals surface area contributed by atoms with Crippen LogP contribution in [0.3, 0.4) is 0 Å². The summed E-state index contributed by atoms with van der Waals surface area (Å²) >= 11 is 0. The van der Waals surface area contributed by atoms with Gasteiger partial charge in [-0.2, -0.15) is 5.10 Å². The maximum Gasteiger partial charge on any atom is 0.257 e. The van der Waals surface area contributed by atoms with Gasteiger partial charge in [-0.3, -0.25) is 4.79 Å². The fourth-order valence-corrected chi connectivity index (χ4v) is 3.12. The normalized spacial score (nSPS) is 12.9. The minimum atomic E-state index is -3.24. The zero-order valence-corrected chi connectivity index (χ0v) is 14.9. The molecule has 0 bridgehead atoms. The van der Waals surface area contributed by atoms with E-state index in [0.29, 0.717) is 11.2 Å². The number of hydrogen-bond acceptors (Lipinski definition) is 5. The molecule has 0 saturated heterocycles. The largest absolute Gasteiger partial charge is 0.345 e. The van der Waals surface area contributed by atoms with Crippen LogP contribution in [-0.2, 0) is 9.84 Å². The zero-order valence-electron chi connectivity index (χ0n) is 14.1. The van der Waals surface area contributed by atoms with Crippen molar-refractivity contribution >= 4 is 21.4 Å². The monoisotopic (exact) mass is 358 g/mol. The van der Waals surface area contributed by atoms with Crippen LogP contribution in [0, 0.1) is 6.92 Å². The molecule has 130 valence electrons. The Labute approximate surface area is 145 Å². The van der Waals surface area contributed by atoms with Gasteiger partial charge < -0.3 is 5.32 Å². The summed E-state index contributed by atoms with van der Waals surface area (Å²) in [5.41, 5.74) is 2.63. The third kappa shape index (κ3) is 3.53. The first-order valence-electron chi connectivity index (χ1n) is 7.66. The molecular formula is C17H18N4O3S. The Kier molecular flexibility index (Phi) is 4.30. The highest BCUT2D eigenvalue weighted by molar-refractivity contribution is 7.90. The molecule has 0 radical (unpaired) electrons. The van der Waals surface area contributed by atoms with Crippen molar-refractivity contribution in [2.75, 3.05) is 6.26 Å². The van der Waals surface area contributed by atoms with Crippen molar-refractivity contribution in [3.8, 4) is 0 Å². The summed E-state index contributed by atoms with van der Waals surface area (Å²) in [6, 6.07) is 6.17. The second kappa shape index (κ2) is 6.29. The molecule has 3 aromatic rings. The number of sulfone groups is 1. The molecule has 0 aliphatic heterocycles. The SMILES string of the molecule is Cc1cnc2c(C(=O)NC(C)c3ccc(S(C)(=O)=O)cc3)cnn2c1. The number of benzene rings is 1. The van der Waals surface area contributed by atoms with E-state index < -0.39 is 9.84 Å². The lowest BCUT2D eigenvalue weighted by Crippen LogP contribution is -2.26. The molecule has 3 rings (SSSR count). The maximum absolute atomic E-state index is 12.5. The lowest BCUT2D eigenvalue weighted by atomic mass is 10.1. The molecule has 1 aromatic carbocycles. The van der Waals surface area contributed by atoms with Crippen LogP contribution in [0.15, 0.2) is 47.8 Å². The van der Waals surface area contributed by atoms with Crippen LogP contribution >= 0.6 is 0 Å². The molecule has 2 heterocycles. The van der Waals surface area contributed by atoms with Crippen molar-refractivity contribution in [2.45, 2.75) is 24.8 Å². The van der Waals surface area contributed by atoms with Crippen LogP contribution in [0.5, 0.6) is 0 Å². The Morgan fingerprint density at radius 1 is 1.20 bits per heavy atom. The molecule has 0 aliphatic carbocycles. The highest BCUT2D eigenvalue weighted by Gasteiger charge is 2.17. The van der Waals surface area contributed by atoms with Crippen molar-refractivity contribution in [1.29, 1.82) is 0 Å². The predicted octanol–water partition coefficient (Wildman–Crippen LogP) is 1.93. The van der Waals surface area contributed by atoms with E-state index in [4.69, 9.17) is 0 Å². The van der Waals surface area contributed by atoms with Crippen LogP contribution < -0.4 is 5.32 Å². The number of rotatable bonds is 4. The highest BCUT2D eigenvalue weighted by atomic mass is 32.2. The van der Waals surface area contributed by atoms with Gasteiger partial charge in [-0.25, -0.2) is 17.9 Å². The number of carbonyl (C=O) groups is 1. The highest BCUT2D eigenvalue weighted by Crippen LogP contribution is 2.17. The first-order valence-corrected chi connectivity index (χ1v) is 9.56. The summed E-state index contributed by atoms with van der Waals surface area (Å²) < 4.78 is 24.6. The van der Waals surface area contributed by atoms with E-state index in [-0.39, 0.29) is 16.8 Å². The molecule has 0 spiro atoms. The van der Waals surface area contributed by atoms with Crippen LogP contribution in [0.2, 0.25) is 0 Å². The average molecular weight is 358 g/mol. The summed E-state index contributed by atoms with van der Waals surface area (Å²) in [5.74, 6) is -0.286. The lowest BCUT2D eigenvalue weighted by Gasteiger charge is -2.14. The third-order valence-corrected chi connectivity index (χ3v) is 5.01. The minimum Gasteiger partial charge on any atom is -0.345 e. The first kappa shape index (κ1) is 17.1. The topological polar surface area (TPSA) is 93.4 Å². The quantitative estimate of drug-likeness (QED) is 0.769. The minimum absolute atomic E-state index is 0.247. The fraction of sp³-hybridized carbons (Fsp3) is 0.235. The number of amides is 1. The zero-order chi connectivity index (χ0) is 18.2. The van der Waals surface area contributed by atoms with E-state index in [0.717, 1.165) is 17.4 Å². The van der Waals surface area contributed by atoms with Crippen molar-refractivity contribution in [1.82, 2.24) is 19.9 Å². The first-order chi connectivity index (χ1) is 11.8. The number of nitrogens with one attached hydrogen (secondary N) is 1. The molecule has 1 unspecified atom stereocenters. The van der Waals surface area contributed by atoms with Gasteiger partial charge in [0.15, 0.2) is 15.5 Å². The fourth-order valence-electron chi connectivity index (χ4n) is 2.49. The molecule has 0 fully saturated rings. The molecule has 1 atom stereocenters. The Balaban J connectivity index is 1.80. The molecular weight excluding hydrogens is 340 g/mol. The molecule has 1 N–H and O–H groups in total. The van der Waals surface area contributed by atoms with Crippen LogP contribution in [0.4, 0.5) is 0 Å². The molecule has 1 amide bonds. The Morgan fingerprint density at radius 2 is 1.88 bits per heavy atom. The Hall–Kier alpha value is -2.74. The van der Waals surface area contributed by atoms with Crippen molar-refractivity contribution in [3.63, 3.8) is 0 Å². The number of fused-ring (bicyclic) bond motifs is 1. The predicted molar refractivity (Wildman–Crippen MR) is 93.2 cm³/mol. The maximum atomic E-state index is 12.5. The smallest absolute Gasteiger partial charge is 0.257 e. The molecule has 7 nitrogen and oxygen atoms in total. The van der Waals surface area contributed by atoms with Crippen LogP contribution in [-0.4, -0.2) is 35.2 Å². The van der Waals surface area contributed by atoms with Gasteiger partial charge in [0.25, 0.3) is 5.91 Å². The van der Waals surface area contributed by atoms with Crippen LogP contribution in [0.1, 0.15) is 34.5 Å². The molecule has 25 heavy (non-hydrogen) atoms. The molecule has 0 saturated carbocycles. The average Bonchev–Trinajstić information content (AvgIpc) is 2.97.